The molecule has 0 atom stereocenters. The molecule has 0 aliphatic rings. The number of nitrogen functional groups attached to an aromatic ring is 1. The topological polar surface area (TPSA) is 115 Å². The number of hydrogen-bond donors (Lipinski definition) is 3. The van der Waals surface area contributed by atoms with Gasteiger partial charge >= 0.3 is 0 Å². The molecule has 4 aromatic rings. The highest BCUT2D eigenvalue weighted by molar-refractivity contribution is 7.17. The maximum atomic E-state index is 11.9. The van der Waals surface area contributed by atoms with Crippen LogP contribution in [-0.2, 0) is 4.79 Å². The number of hydrogen-bond acceptors (Lipinski definition) is 8. The molecule has 31 heavy (non-hydrogen) atoms. The monoisotopic (exact) mass is 434 g/mol. The lowest BCUT2D eigenvalue weighted by Gasteiger charge is -2.11. The molecule has 0 fully saturated rings. The first-order valence-corrected chi connectivity index (χ1v) is 10.6. The smallest absolute Gasteiger partial charge is 0.258 e. The average Bonchev–Trinajstić information content (AvgIpc) is 3.23. The number of amides is 1. The molecule has 9 heteroatoms. The van der Waals surface area contributed by atoms with Crippen LogP contribution in [0.25, 0.3) is 21.6 Å². The Kier molecular flexibility index (Phi) is 5.94. The molecule has 4 N–H and O–H groups in total. The third-order valence-electron chi connectivity index (χ3n) is 4.26. The highest BCUT2D eigenvalue weighted by Crippen LogP contribution is 2.31. The van der Waals surface area contributed by atoms with E-state index in [4.69, 9.17) is 15.5 Å². The summed E-state index contributed by atoms with van der Waals surface area (Å²) in [6, 6.07) is 13.0. The maximum Gasteiger partial charge on any atom is 0.258 e. The van der Waals surface area contributed by atoms with Crippen molar-refractivity contribution in [3.63, 3.8) is 0 Å². The summed E-state index contributed by atoms with van der Waals surface area (Å²) in [7, 11) is 0. The van der Waals surface area contributed by atoms with Gasteiger partial charge in [0.25, 0.3) is 5.91 Å². The lowest BCUT2D eigenvalue weighted by atomic mass is 10.2. The van der Waals surface area contributed by atoms with Crippen LogP contribution in [0.2, 0.25) is 0 Å². The van der Waals surface area contributed by atoms with E-state index in [9.17, 15) is 4.79 Å². The minimum Gasteiger partial charge on any atom is -0.484 e. The van der Waals surface area contributed by atoms with E-state index in [0.717, 1.165) is 21.5 Å². The third kappa shape index (κ3) is 5.07. The van der Waals surface area contributed by atoms with Crippen molar-refractivity contribution < 1.29 is 9.53 Å². The first-order valence-electron chi connectivity index (χ1n) is 9.74. The van der Waals surface area contributed by atoms with Gasteiger partial charge < -0.3 is 21.1 Å². The summed E-state index contributed by atoms with van der Waals surface area (Å²) in [5.41, 5.74) is 8.08. The van der Waals surface area contributed by atoms with Crippen LogP contribution in [0.3, 0.4) is 0 Å². The van der Waals surface area contributed by atoms with Crippen LogP contribution < -0.4 is 21.1 Å². The van der Waals surface area contributed by atoms with Crippen molar-refractivity contribution in [2.75, 3.05) is 17.7 Å². The zero-order valence-electron chi connectivity index (χ0n) is 17.1. The zero-order valence-corrected chi connectivity index (χ0v) is 17.9. The van der Waals surface area contributed by atoms with Gasteiger partial charge in [0.15, 0.2) is 18.2 Å². The number of thiophene rings is 1. The van der Waals surface area contributed by atoms with E-state index < -0.39 is 0 Å². The number of fused-ring (bicyclic) bond motifs is 1. The molecule has 0 spiro atoms. The summed E-state index contributed by atoms with van der Waals surface area (Å²) in [6.07, 6.45) is 1.66. The van der Waals surface area contributed by atoms with Crippen molar-refractivity contribution in [2.45, 2.75) is 19.9 Å². The summed E-state index contributed by atoms with van der Waals surface area (Å²) < 4.78 is 6.58. The number of benzene rings is 1. The van der Waals surface area contributed by atoms with Gasteiger partial charge in [0, 0.05) is 11.6 Å². The number of anilines is 3. The van der Waals surface area contributed by atoms with Gasteiger partial charge in [0.2, 0.25) is 0 Å². The number of nitrogens with two attached hydrogens (primary N) is 1. The summed E-state index contributed by atoms with van der Waals surface area (Å²) in [5.74, 6) is 2.09. The first kappa shape index (κ1) is 20.5. The Balaban J connectivity index is 1.61. The van der Waals surface area contributed by atoms with Crippen molar-refractivity contribution in [2.24, 2.45) is 0 Å². The second kappa shape index (κ2) is 8.97. The first-order chi connectivity index (χ1) is 15.0. The largest absolute Gasteiger partial charge is 0.484 e. The molecule has 0 unspecified atom stereocenters. The van der Waals surface area contributed by atoms with Gasteiger partial charge in [0.05, 0.1) is 22.1 Å². The van der Waals surface area contributed by atoms with Gasteiger partial charge in [-0.2, -0.15) is 0 Å². The number of ether oxygens (including phenoxy) is 1. The predicted octanol–water partition coefficient (Wildman–Crippen LogP) is 3.98. The molecule has 0 bridgehead atoms. The number of carbonyl (C=O) groups excluding carboxylic acids is 1. The fourth-order valence-electron chi connectivity index (χ4n) is 2.93. The highest BCUT2D eigenvalue weighted by Gasteiger charge is 2.12. The van der Waals surface area contributed by atoms with Gasteiger partial charge in [-0.3, -0.25) is 4.79 Å². The molecule has 0 radical (unpaired) electrons. The standard InChI is InChI=1S/C22H22N6O2S/c1-13(2)25-19(29)12-30-16-5-3-4-14(10-16)21-27-17-8-9-31-20(17)22(28-21)26-15-6-7-18(23)24-11-15/h3-11,13H,12H2,1-2H3,(H2,23,24)(H,25,29)(H,26,27,28). The van der Waals surface area contributed by atoms with Gasteiger partial charge in [-0.15, -0.1) is 11.3 Å². The third-order valence-corrected chi connectivity index (χ3v) is 5.17. The quantitative estimate of drug-likeness (QED) is 0.403. The Hall–Kier alpha value is -3.72. The second-order valence-corrected chi connectivity index (χ2v) is 8.08. The van der Waals surface area contributed by atoms with Crippen molar-refractivity contribution in [1.82, 2.24) is 20.3 Å². The fraction of sp³-hybridized carbons (Fsp3) is 0.182. The molecule has 0 aliphatic carbocycles. The van der Waals surface area contributed by atoms with E-state index in [1.54, 1.807) is 29.7 Å². The predicted molar refractivity (Wildman–Crippen MR) is 124 cm³/mol. The Morgan fingerprint density at radius 3 is 2.84 bits per heavy atom. The number of aromatic nitrogens is 3. The van der Waals surface area contributed by atoms with Crippen LogP contribution in [0, 0.1) is 0 Å². The van der Waals surface area contributed by atoms with Crippen LogP contribution in [0.4, 0.5) is 17.3 Å². The Morgan fingerprint density at radius 2 is 2.06 bits per heavy atom. The van der Waals surface area contributed by atoms with E-state index in [1.807, 2.05) is 49.6 Å². The van der Waals surface area contributed by atoms with E-state index in [1.165, 1.54) is 0 Å². The number of rotatable bonds is 7. The maximum absolute atomic E-state index is 11.9. The Morgan fingerprint density at radius 1 is 1.19 bits per heavy atom. The molecule has 4 rings (SSSR count). The lowest BCUT2D eigenvalue weighted by Crippen LogP contribution is -2.34. The normalized spacial score (nSPS) is 10.9. The molecule has 3 heterocycles. The molecule has 8 nitrogen and oxygen atoms in total. The van der Waals surface area contributed by atoms with Crippen molar-refractivity contribution in [1.29, 1.82) is 0 Å². The molecular formula is C22H22N6O2S. The van der Waals surface area contributed by atoms with Crippen LogP contribution in [-0.4, -0.2) is 33.5 Å². The number of nitrogens with one attached hydrogen (secondary N) is 2. The van der Waals surface area contributed by atoms with Gasteiger partial charge in [-0.05, 0) is 49.6 Å². The van der Waals surface area contributed by atoms with Crippen molar-refractivity contribution in [3.8, 4) is 17.1 Å². The van der Waals surface area contributed by atoms with E-state index in [0.29, 0.717) is 23.2 Å². The molecule has 0 saturated heterocycles. The molecule has 3 aromatic heterocycles. The van der Waals surface area contributed by atoms with Gasteiger partial charge in [-0.25, -0.2) is 15.0 Å². The molecule has 1 amide bonds. The van der Waals surface area contributed by atoms with E-state index in [-0.39, 0.29) is 18.6 Å². The molecule has 0 aliphatic heterocycles. The van der Waals surface area contributed by atoms with Crippen molar-refractivity contribution in [3.05, 3.63) is 54.0 Å². The summed E-state index contributed by atoms with van der Waals surface area (Å²) in [4.78, 5) is 25.4. The zero-order chi connectivity index (χ0) is 21.8. The number of carbonyl (C=O) groups is 1. The molecular weight excluding hydrogens is 412 g/mol. The summed E-state index contributed by atoms with van der Waals surface area (Å²) in [5, 5.41) is 8.08. The van der Waals surface area contributed by atoms with Crippen LogP contribution in [0.5, 0.6) is 5.75 Å². The Labute approximate surface area is 183 Å². The number of pyridine rings is 1. The number of nitrogens with zero attached hydrogens (tertiary/aromatic N) is 3. The van der Waals surface area contributed by atoms with E-state index >= 15 is 0 Å². The van der Waals surface area contributed by atoms with Crippen LogP contribution in [0.15, 0.2) is 54.0 Å². The van der Waals surface area contributed by atoms with Crippen molar-refractivity contribution >= 4 is 44.8 Å². The minimum atomic E-state index is -0.167. The van der Waals surface area contributed by atoms with E-state index in [2.05, 4.69) is 20.6 Å². The average molecular weight is 435 g/mol. The molecule has 1 aromatic carbocycles. The molecule has 0 saturated carbocycles. The minimum absolute atomic E-state index is 0.0526. The Bertz CT molecular complexity index is 1210. The summed E-state index contributed by atoms with van der Waals surface area (Å²) in [6.45, 7) is 3.76. The van der Waals surface area contributed by atoms with Crippen LogP contribution in [0.1, 0.15) is 13.8 Å². The van der Waals surface area contributed by atoms with Crippen LogP contribution >= 0.6 is 11.3 Å². The van der Waals surface area contributed by atoms with Gasteiger partial charge in [0.1, 0.15) is 11.6 Å². The summed E-state index contributed by atoms with van der Waals surface area (Å²) >= 11 is 1.56. The van der Waals surface area contributed by atoms with Gasteiger partial charge in [-0.1, -0.05) is 12.1 Å². The fourth-order valence-corrected chi connectivity index (χ4v) is 3.71. The second-order valence-electron chi connectivity index (χ2n) is 7.17. The highest BCUT2D eigenvalue weighted by atomic mass is 32.1. The lowest BCUT2D eigenvalue weighted by molar-refractivity contribution is -0.123. The molecule has 158 valence electrons. The SMILES string of the molecule is CC(C)NC(=O)COc1cccc(-c2nc(Nc3ccc(N)nc3)c3sccc3n2)c1.